The molecular weight excluding hydrogens is 204 g/mol. The van der Waals surface area contributed by atoms with Crippen molar-refractivity contribution in [1.82, 2.24) is 4.90 Å². The maximum absolute atomic E-state index is 11.1. The van der Waals surface area contributed by atoms with Gasteiger partial charge < -0.3 is 15.7 Å². The van der Waals surface area contributed by atoms with Crippen LogP contribution in [-0.2, 0) is 11.3 Å². The molecule has 16 heavy (non-hydrogen) atoms. The van der Waals surface area contributed by atoms with Crippen molar-refractivity contribution in [3.63, 3.8) is 0 Å². The van der Waals surface area contributed by atoms with Gasteiger partial charge in [-0.3, -0.25) is 4.79 Å². The van der Waals surface area contributed by atoms with Crippen LogP contribution in [0, 0.1) is 0 Å². The summed E-state index contributed by atoms with van der Waals surface area (Å²) in [6.07, 6.45) is 0. The average molecular weight is 222 g/mol. The first-order valence-corrected chi connectivity index (χ1v) is 5.21. The molecule has 1 atom stereocenters. The van der Waals surface area contributed by atoms with E-state index < -0.39 is 11.9 Å². The molecule has 4 heteroatoms. The van der Waals surface area contributed by atoms with Crippen LogP contribution in [0.3, 0.4) is 0 Å². The normalized spacial score (nSPS) is 12.8. The Labute approximate surface area is 95.7 Å². The highest BCUT2D eigenvalue weighted by Gasteiger charge is 2.20. The Kier molecular flexibility index (Phi) is 4.46. The largest absolute Gasteiger partial charge is 0.481 e. The van der Waals surface area contributed by atoms with Crippen LogP contribution in [0.5, 0.6) is 0 Å². The number of carbonyl (C=O) groups is 1. The molecule has 0 aliphatic carbocycles. The molecule has 1 rings (SSSR count). The molecule has 0 spiro atoms. The van der Waals surface area contributed by atoms with Gasteiger partial charge in [-0.2, -0.15) is 0 Å². The van der Waals surface area contributed by atoms with Gasteiger partial charge in [0.1, 0.15) is 0 Å². The molecule has 0 aliphatic rings. The van der Waals surface area contributed by atoms with E-state index in [2.05, 4.69) is 0 Å². The monoisotopic (exact) mass is 222 g/mol. The Hall–Kier alpha value is -1.39. The maximum Gasteiger partial charge on any atom is 0.312 e. The minimum Gasteiger partial charge on any atom is -0.481 e. The van der Waals surface area contributed by atoms with Crippen molar-refractivity contribution >= 4 is 5.97 Å². The summed E-state index contributed by atoms with van der Waals surface area (Å²) in [5, 5.41) is 9.09. The van der Waals surface area contributed by atoms with Crippen molar-refractivity contribution in [2.24, 2.45) is 5.73 Å². The number of rotatable bonds is 5. The van der Waals surface area contributed by atoms with Crippen LogP contribution in [0.25, 0.3) is 0 Å². The molecular formula is C12H18N2O2. The summed E-state index contributed by atoms with van der Waals surface area (Å²) >= 11 is 0. The van der Waals surface area contributed by atoms with E-state index in [1.807, 2.05) is 43.3 Å². The Morgan fingerprint density at radius 2 is 2.06 bits per heavy atom. The van der Waals surface area contributed by atoms with Crippen molar-refractivity contribution in [1.29, 1.82) is 0 Å². The second-order valence-corrected chi connectivity index (χ2v) is 4.06. The molecule has 0 saturated heterocycles. The number of nitrogens with two attached hydrogens (primary N) is 1. The average Bonchev–Trinajstić information content (AvgIpc) is 2.20. The zero-order chi connectivity index (χ0) is 12.1. The van der Waals surface area contributed by atoms with E-state index in [0.717, 1.165) is 17.7 Å². The molecule has 0 heterocycles. The van der Waals surface area contributed by atoms with Crippen molar-refractivity contribution in [2.45, 2.75) is 12.5 Å². The minimum atomic E-state index is -0.867. The first-order chi connectivity index (χ1) is 7.56. The third-order valence-electron chi connectivity index (χ3n) is 2.45. The van der Waals surface area contributed by atoms with Gasteiger partial charge in [0.15, 0.2) is 0 Å². The van der Waals surface area contributed by atoms with Gasteiger partial charge in [-0.25, -0.2) is 0 Å². The zero-order valence-corrected chi connectivity index (χ0v) is 9.68. The third kappa shape index (κ3) is 3.05. The standard InChI is InChI=1S/C12H18N2O2/c1-14(2)8-9-5-3-4-6-10(9)11(7-13)12(15)16/h3-6,11H,7-8,13H2,1-2H3,(H,15,16). The highest BCUT2D eigenvalue weighted by Crippen LogP contribution is 2.20. The Morgan fingerprint density at radius 1 is 1.44 bits per heavy atom. The molecule has 0 saturated carbocycles. The van der Waals surface area contributed by atoms with Crippen LogP contribution in [0.15, 0.2) is 24.3 Å². The third-order valence-corrected chi connectivity index (χ3v) is 2.45. The van der Waals surface area contributed by atoms with Crippen LogP contribution in [0.4, 0.5) is 0 Å². The molecule has 0 bridgehead atoms. The van der Waals surface area contributed by atoms with Crippen LogP contribution in [0.2, 0.25) is 0 Å². The molecule has 1 aromatic carbocycles. The predicted octanol–water partition coefficient (Wildman–Crippen LogP) is 0.875. The highest BCUT2D eigenvalue weighted by molar-refractivity contribution is 5.77. The number of hydrogen-bond donors (Lipinski definition) is 2. The lowest BCUT2D eigenvalue weighted by Gasteiger charge is -2.17. The summed E-state index contributed by atoms with van der Waals surface area (Å²) in [4.78, 5) is 13.1. The predicted molar refractivity (Wildman–Crippen MR) is 63.3 cm³/mol. The molecule has 3 N–H and O–H groups in total. The van der Waals surface area contributed by atoms with Crippen molar-refractivity contribution in [2.75, 3.05) is 20.6 Å². The van der Waals surface area contributed by atoms with Crippen LogP contribution in [0.1, 0.15) is 17.0 Å². The van der Waals surface area contributed by atoms with Crippen LogP contribution in [-0.4, -0.2) is 36.6 Å². The number of nitrogens with zero attached hydrogens (tertiary/aromatic N) is 1. The molecule has 0 radical (unpaired) electrons. The molecule has 0 amide bonds. The van der Waals surface area contributed by atoms with Gasteiger partial charge in [-0.15, -0.1) is 0 Å². The van der Waals surface area contributed by atoms with E-state index in [0.29, 0.717) is 0 Å². The molecule has 1 unspecified atom stereocenters. The van der Waals surface area contributed by atoms with Crippen molar-refractivity contribution < 1.29 is 9.90 Å². The fourth-order valence-corrected chi connectivity index (χ4v) is 1.72. The van der Waals surface area contributed by atoms with E-state index in [4.69, 9.17) is 10.8 Å². The lowest BCUT2D eigenvalue weighted by molar-refractivity contribution is -0.138. The van der Waals surface area contributed by atoms with Crippen molar-refractivity contribution in [3.05, 3.63) is 35.4 Å². The van der Waals surface area contributed by atoms with Gasteiger partial charge in [0.25, 0.3) is 0 Å². The van der Waals surface area contributed by atoms with E-state index in [1.54, 1.807) is 0 Å². The fraction of sp³-hybridized carbons (Fsp3) is 0.417. The fourth-order valence-electron chi connectivity index (χ4n) is 1.72. The second kappa shape index (κ2) is 5.63. The molecule has 1 aromatic rings. The summed E-state index contributed by atoms with van der Waals surface area (Å²) in [7, 11) is 3.91. The lowest BCUT2D eigenvalue weighted by atomic mass is 9.94. The zero-order valence-electron chi connectivity index (χ0n) is 9.68. The molecule has 0 aliphatic heterocycles. The van der Waals surface area contributed by atoms with Crippen LogP contribution >= 0.6 is 0 Å². The van der Waals surface area contributed by atoms with E-state index in [1.165, 1.54) is 0 Å². The van der Waals surface area contributed by atoms with Gasteiger partial charge in [0.05, 0.1) is 5.92 Å². The summed E-state index contributed by atoms with van der Waals surface area (Å²) in [5.74, 6) is -1.48. The van der Waals surface area contributed by atoms with Gasteiger partial charge in [-0.1, -0.05) is 24.3 Å². The SMILES string of the molecule is CN(C)Cc1ccccc1C(CN)C(=O)O. The van der Waals surface area contributed by atoms with E-state index in [9.17, 15) is 4.79 Å². The summed E-state index contributed by atoms with van der Waals surface area (Å²) < 4.78 is 0. The minimum absolute atomic E-state index is 0.125. The Morgan fingerprint density at radius 3 is 2.56 bits per heavy atom. The summed E-state index contributed by atoms with van der Waals surface area (Å²) in [6, 6.07) is 7.54. The Bertz CT molecular complexity index is 364. The quantitative estimate of drug-likeness (QED) is 0.776. The van der Waals surface area contributed by atoms with E-state index in [-0.39, 0.29) is 6.54 Å². The number of carboxylic acid groups (broad SMARTS) is 1. The first-order valence-electron chi connectivity index (χ1n) is 5.21. The first kappa shape index (κ1) is 12.7. The molecule has 4 nitrogen and oxygen atoms in total. The van der Waals surface area contributed by atoms with Crippen LogP contribution < -0.4 is 5.73 Å². The smallest absolute Gasteiger partial charge is 0.312 e. The number of aliphatic carboxylic acids is 1. The second-order valence-electron chi connectivity index (χ2n) is 4.06. The molecule has 0 fully saturated rings. The number of carboxylic acids is 1. The van der Waals surface area contributed by atoms with Gasteiger partial charge >= 0.3 is 5.97 Å². The Balaban J connectivity index is 3.05. The maximum atomic E-state index is 11.1. The summed E-state index contributed by atoms with van der Waals surface area (Å²) in [5.41, 5.74) is 7.34. The lowest BCUT2D eigenvalue weighted by Crippen LogP contribution is -2.23. The number of hydrogen-bond acceptors (Lipinski definition) is 3. The summed E-state index contributed by atoms with van der Waals surface area (Å²) in [6.45, 7) is 0.847. The topological polar surface area (TPSA) is 66.6 Å². The molecule has 88 valence electrons. The van der Waals surface area contributed by atoms with Crippen molar-refractivity contribution in [3.8, 4) is 0 Å². The van der Waals surface area contributed by atoms with E-state index >= 15 is 0 Å². The van der Waals surface area contributed by atoms with Gasteiger partial charge in [0.2, 0.25) is 0 Å². The number of benzene rings is 1. The highest BCUT2D eigenvalue weighted by atomic mass is 16.4. The molecule has 0 aromatic heterocycles. The van der Waals surface area contributed by atoms with Gasteiger partial charge in [-0.05, 0) is 25.2 Å². The van der Waals surface area contributed by atoms with Gasteiger partial charge in [0, 0.05) is 13.1 Å².